The average Bonchev–Trinajstić information content (AvgIpc) is 3.87. The molecule has 0 aliphatic heterocycles. The molecule has 2 saturated carbocycles. The van der Waals surface area contributed by atoms with E-state index in [1.165, 1.54) is 6.33 Å². The summed E-state index contributed by atoms with van der Waals surface area (Å²) in [4.78, 5) is 42.6. The van der Waals surface area contributed by atoms with Crippen LogP contribution in [-0.4, -0.2) is 77.5 Å². The number of nitrogens with one attached hydrogen (secondary N) is 4. The van der Waals surface area contributed by atoms with Gasteiger partial charge in [-0.25, -0.2) is 18.4 Å². The molecule has 2 heterocycles. The van der Waals surface area contributed by atoms with Crippen molar-refractivity contribution in [2.24, 2.45) is 0 Å². The molecule has 2 aromatic heterocycles. The largest absolute Gasteiger partial charge is 0.347 e. The molecule has 218 valence electrons. The van der Waals surface area contributed by atoms with Gasteiger partial charge in [0.25, 0.3) is 12.3 Å². The number of benzene rings is 1. The minimum absolute atomic E-state index is 0.0240. The van der Waals surface area contributed by atoms with Crippen LogP contribution in [0.4, 0.5) is 8.78 Å². The standard InChI is InChI=1S/C26H32F2N10O3/c1-2-3-18(22(39)26(41)31-16-8-9-16)33-25(40)19(12-20-29-13-30-34-20)32-21(23(27)28)14-4-6-15(7-5-14)24-35-36-37-38(24)17-10-11-17/h4-7,13,16-19,21,23,32H,2-3,8-12H2,1H3,(H,31,41)(H,33,40)(H,29,30,34)/t18-,19-,21-/m0/s1. The number of aromatic nitrogens is 7. The molecule has 2 aliphatic carbocycles. The van der Waals surface area contributed by atoms with Crippen molar-refractivity contribution < 1.29 is 23.2 Å². The normalized spacial score (nSPS) is 17.2. The first-order chi connectivity index (χ1) is 19.8. The summed E-state index contributed by atoms with van der Waals surface area (Å²) in [6.45, 7) is 1.81. The summed E-state index contributed by atoms with van der Waals surface area (Å²) < 4.78 is 30.5. The lowest BCUT2D eigenvalue weighted by atomic mass is 10.0. The van der Waals surface area contributed by atoms with Crippen LogP contribution in [-0.2, 0) is 20.8 Å². The van der Waals surface area contributed by atoms with Gasteiger partial charge in [-0.2, -0.15) is 5.10 Å². The smallest absolute Gasteiger partial charge is 0.289 e. The second-order valence-corrected chi connectivity index (χ2v) is 10.4. The van der Waals surface area contributed by atoms with Gasteiger partial charge in [-0.05, 0) is 48.1 Å². The number of aromatic amines is 1. The predicted octanol–water partition coefficient (Wildman–Crippen LogP) is 1.43. The SMILES string of the molecule is CCC[C@H](NC(=O)[C@H](Cc1nc[nH]n1)N[C@@H](c1ccc(-c2nnnn2C2CC2)cc1)C(F)F)C(=O)C(=O)NC1CC1. The number of ketones is 1. The predicted molar refractivity (Wildman–Crippen MR) is 140 cm³/mol. The molecule has 15 heteroatoms. The van der Waals surface area contributed by atoms with E-state index in [0.717, 1.165) is 25.7 Å². The molecule has 3 atom stereocenters. The van der Waals surface area contributed by atoms with Crippen molar-refractivity contribution in [2.75, 3.05) is 0 Å². The summed E-state index contributed by atoms with van der Waals surface area (Å²) in [6, 6.07) is 2.77. The van der Waals surface area contributed by atoms with Crippen molar-refractivity contribution in [3.05, 3.63) is 42.0 Å². The highest BCUT2D eigenvalue weighted by molar-refractivity contribution is 6.38. The van der Waals surface area contributed by atoms with Crippen molar-refractivity contribution in [1.82, 2.24) is 51.3 Å². The van der Waals surface area contributed by atoms with E-state index in [1.54, 1.807) is 28.9 Å². The number of nitrogens with zero attached hydrogens (tertiary/aromatic N) is 6. The Morgan fingerprint density at radius 3 is 2.46 bits per heavy atom. The molecule has 5 rings (SSSR count). The monoisotopic (exact) mass is 570 g/mol. The number of H-pyrrole nitrogens is 1. The van der Waals surface area contributed by atoms with Gasteiger partial charge in [0, 0.05) is 18.0 Å². The van der Waals surface area contributed by atoms with Gasteiger partial charge in [0.2, 0.25) is 11.7 Å². The van der Waals surface area contributed by atoms with Gasteiger partial charge in [-0.3, -0.25) is 24.8 Å². The quantitative estimate of drug-likeness (QED) is 0.197. The van der Waals surface area contributed by atoms with E-state index in [1.807, 2.05) is 6.92 Å². The molecule has 2 fully saturated rings. The van der Waals surface area contributed by atoms with Crippen LogP contribution in [0.2, 0.25) is 0 Å². The summed E-state index contributed by atoms with van der Waals surface area (Å²) in [5.41, 5.74) is 0.922. The molecule has 0 spiro atoms. The molecule has 41 heavy (non-hydrogen) atoms. The van der Waals surface area contributed by atoms with Crippen LogP contribution in [0.25, 0.3) is 11.4 Å². The molecule has 0 radical (unpaired) electrons. The average molecular weight is 571 g/mol. The molecule has 0 saturated heterocycles. The van der Waals surface area contributed by atoms with Crippen molar-refractivity contribution in [1.29, 1.82) is 0 Å². The van der Waals surface area contributed by atoms with Gasteiger partial charge < -0.3 is 10.6 Å². The highest BCUT2D eigenvalue weighted by atomic mass is 19.3. The Hall–Kier alpha value is -4.14. The fourth-order valence-corrected chi connectivity index (χ4v) is 4.54. The first-order valence-electron chi connectivity index (χ1n) is 13.8. The van der Waals surface area contributed by atoms with E-state index < -0.39 is 42.1 Å². The van der Waals surface area contributed by atoms with Crippen LogP contribution in [0.5, 0.6) is 0 Å². The molecule has 3 aromatic rings. The number of carbonyl (C=O) groups is 3. The van der Waals surface area contributed by atoms with Gasteiger partial charge in [0.15, 0.2) is 11.6 Å². The Labute approximate surface area is 234 Å². The van der Waals surface area contributed by atoms with Gasteiger partial charge in [-0.1, -0.05) is 37.6 Å². The third-order valence-corrected chi connectivity index (χ3v) is 7.06. The van der Waals surface area contributed by atoms with Crippen LogP contribution in [0.3, 0.4) is 0 Å². The maximum Gasteiger partial charge on any atom is 0.289 e. The maximum atomic E-state index is 14.4. The molecular weight excluding hydrogens is 538 g/mol. The fraction of sp³-hybridized carbons (Fsp3) is 0.538. The first-order valence-corrected chi connectivity index (χ1v) is 13.8. The molecular formula is C26H32F2N10O3. The Kier molecular flexibility index (Phi) is 8.71. The summed E-state index contributed by atoms with van der Waals surface area (Å²) in [6.07, 6.45) is 2.62. The van der Waals surface area contributed by atoms with Crippen molar-refractivity contribution >= 4 is 17.6 Å². The zero-order chi connectivity index (χ0) is 28.9. The summed E-state index contributed by atoms with van der Waals surface area (Å²) in [7, 11) is 0. The van der Waals surface area contributed by atoms with E-state index in [2.05, 4.69) is 46.7 Å². The highest BCUT2D eigenvalue weighted by Gasteiger charge is 2.35. The molecule has 4 N–H and O–H groups in total. The number of amides is 2. The van der Waals surface area contributed by atoms with Gasteiger partial charge in [0.05, 0.1) is 24.2 Å². The van der Waals surface area contributed by atoms with E-state index >= 15 is 0 Å². The third kappa shape index (κ3) is 7.14. The number of hydrogen-bond acceptors (Lipinski definition) is 9. The second-order valence-electron chi connectivity index (χ2n) is 10.4. The number of Topliss-reactive ketones (excluding diaryl/α,β-unsaturated/α-hetero) is 1. The lowest BCUT2D eigenvalue weighted by Gasteiger charge is -2.26. The van der Waals surface area contributed by atoms with Gasteiger partial charge in [-0.15, -0.1) is 5.10 Å². The molecule has 0 bridgehead atoms. The first kappa shape index (κ1) is 28.4. The summed E-state index contributed by atoms with van der Waals surface area (Å²) >= 11 is 0. The van der Waals surface area contributed by atoms with Crippen LogP contribution >= 0.6 is 0 Å². The van der Waals surface area contributed by atoms with Crippen LogP contribution < -0.4 is 16.0 Å². The second kappa shape index (κ2) is 12.6. The summed E-state index contributed by atoms with van der Waals surface area (Å²) in [5.74, 6) is -1.47. The molecule has 1 aromatic carbocycles. The minimum atomic E-state index is -2.88. The lowest BCUT2D eigenvalue weighted by Crippen LogP contribution is -2.54. The zero-order valence-corrected chi connectivity index (χ0v) is 22.5. The summed E-state index contributed by atoms with van der Waals surface area (Å²) in [5, 5.41) is 26.3. The van der Waals surface area contributed by atoms with E-state index in [0.29, 0.717) is 17.8 Å². The van der Waals surface area contributed by atoms with Crippen molar-refractivity contribution in [2.45, 2.75) is 88.5 Å². The van der Waals surface area contributed by atoms with E-state index in [-0.39, 0.29) is 36.3 Å². The number of rotatable bonds is 15. The van der Waals surface area contributed by atoms with Crippen LogP contribution in [0, 0.1) is 0 Å². The van der Waals surface area contributed by atoms with Crippen LogP contribution in [0.15, 0.2) is 30.6 Å². The van der Waals surface area contributed by atoms with Crippen LogP contribution in [0.1, 0.15) is 68.9 Å². The Bertz CT molecular complexity index is 1340. The number of tetrazole rings is 1. The van der Waals surface area contributed by atoms with Gasteiger partial charge >= 0.3 is 0 Å². The Balaban J connectivity index is 1.33. The Morgan fingerprint density at radius 1 is 1.10 bits per heavy atom. The Morgan fingerprint density at radius 2 is 1.85 bits per heavy atom. The number of carbonyl (C=O) groups excluding carboxylic acids is 3. The number of alkyl halides is 2. The van der Waals surface area contributed by atoms with Crippen molar-refractivity contribution in [3.63, 3.8) is 0 Å². The van der Waals surface area contributed by atoms with Gasteiger partial charge in [0.1, 0.15) is 6.33 Å². The van der Waals surface area contributed by atoms with E-state index in [4.69, 9.17) is 0 Å². The highest BCUT2D eigenvalue weighted by Crippen LogP contribution is 2.36. The molecule has 2 amide bonds. The fourth-order valence-electron chi connectivity index (χ4n) is 4.54. The lowest BCUT2D eigenvalue weighted by molar-refractivity contribution is -0.140. The number of hydrogen-bond donors (Lipinski definition) is 4. The topological polar surface area (TPSA) is 172 Å². The minimum Gasteiger partial charge on any atom is -0.347 e. The molecule has 13 nitrogen and oxygen atoms in total. The van der Waals surface area contributed by atoms with E-state index in [9.17, 15) is 23.2 Å². The maximum absolute atomic E-state index is 14.4. The van der Waals surface area contributed by atoms with Crippen molar-refractivity contribution in [3.8, 4) is 11.4 Å². The zero-order valence-electron chi connectivity index (χ0n) is 22.5. The third-order valence-electron chi connectivity index (χ3n) is 7.06. The molecule has 0 unspecified atom stereocenters. The molecule has 2 aliphatic rings. The number of halogens is 2.